The predicted molar refractivity (Wildman–Crippen MR) is 37.6 cm³/mol. The van der Waals surface area contributed by atoms with Crippen LogP contribution in [-0.2, 0) is 0 Å². The molecule has 0 aromatic rings. The first-order valence-corrected chi connectivity index (χ1v) is 6.33. The third kappa shape index (κ3) is 5610. The second-order valence-corrected chi connectivity index (χ2v) is 9.00. The van der Waals surface area contributed by atoms with Gasteiger partial charge in [-0.2, -0.15) is 0 Å². The summed E-state index contributed by atoms with van der Waals surface area (Å²) in [7, 11) is -0.611. The molecule has 0 aromatic carbocycles. The first kappa shape index (κ1) is 10.2. The van der Waals surface area contributed by atoms with E-state index in [1.54, 1.807) is 0 Å². The number of nitrogens with two attached hydrogens (primary N) is 2. The summed E-state index contributed by atoms with van der Waals surface area (Å²) in [6.45, 7) is 9.31. The van der Waals surface area contributed by atoms with Gasteiger partial charge in [-0.1, -0.05) is 26.2 Å². The van der Waals surface area contributed by atoms with Crippen LogP contribution in [0.4, 0.5) is 0 Å². The molecule has 0 amide bonds. The van der Waals surface area contributed by atoms with Gasteiger partial charge in [0.05, 0.1) is 0 Å². The van der Waals surface area contributed by atoms with Gasteiger partial charge in [0, 0.05) is 8.07 Å². The highest BCUT2D eigenvalue weighted by Crippen LogP contribution is 1.94. The Morgan fingerprint density at radius 3 is 0.857 bits per heavy atom. The highest BCUT2D eigenvalue weighted by atomic mass is 28.3. The van der Waals surface area contributed by atoms with E-state index in [1.165, 1.54) is 0 Å². The number of rotatable bonds is 0. The molecule has 0 unspecified atom stereocenters. The highest BCUT2D eigenvalue weighted by Gasteiger charge is 1.99. The van der Waals surface area contributed by atoms with Crippen molar-refractivity contribution in [3.05, 3.63) is 0 Å². The molecule has 0 aliphatic carbocycles. The molecule has 0 spiro atoms. The van der Waals surface area contributed by atoms with E-state index in [4.69, 9.17) is 0 Å². The van der Waals surface area contributed by atoms with Crippen molar-refractivity contribution in [2.24, 2.45) is 11.7 Å². The van der Waals surface area contributed by atoms with Crippen LogP contribution in [0.3, 0.4) is 0 Å². The van der Waals surface area contributed by atoms with Crippen LogP contribution in [0.15, 0.2) is 0 Å². The monoisotopic (exact) mass is 120 g/mol. The molecule has 2 nitrogen and oxygen atoms in total. The average molecular weight is 120 g/mol. The molecular formula is C4H16N2Si. The van der Waals surface area contributed by atoms with Crippen LogP contribution in [0.5, 0.6) is 0 Å². The van der Waals surface area contributed by atoms with Gasteiger partial charge >= 0.3 is 0 Å². The van der Waals surface area contributed by atoms with E-state index in [2.05, 4.69) is 37.9 Å². The topological polar surface area (TPSA) is 52.0 Å². The Morgan fingerprint density at radius 1 is 0.857 bits per heavy atom. The van der Waals surface area contributed by atoms with Crippen molar-refractivity contribution in [2.45, 2.75) is 26.2 Å². The molecule has 0 fully saturated rings. The largest absolute Gasteiger partial charge is 0.274 e. The molecule has 0 atom stereocenters. The molecule has 0 radical (unpaired) electrons. The van der Waals surface area contributed by atoms with Crippen molar-refractivity contribution in [1.29, 1.82) is 0 Å². The second kappa shape index (κ2) is 4.30. The Morgan fingerprint density at radius 2 is 0.857 bits per heavy atom. The SMILES string of the molecule is C[Si](C)(C)C.NN. The minimum absolute atomic E-state index is 0.611. The molecule has 3 heteroatoms. The normalized spacial score (nSPS) is 9.43. The number of hydrogen-bond acceptors (Lipinski definition) is 2. The van der Waals surface area contributed by atoms with Crippen molar-refractivity contribution in [3.8, 4) is 0 Å². The third-order valence-corrected chi connectivity index (χ3v) is 0. The highest BCUT2D eigenvalue weighted by molar-refractivity contribution is 6.74. The molecular weight excluding hydrogens is 104 g/mol. The molecule has 7 heavy (non-hydrogen) atoms. The van der Waals surface area contributed by atoms with E-state index in [1.807, 2.05) is 0 Å². The van der Waals surface area contributed by atoms with Crippen LogP contribution >= 0.6 is 0 Å². The average Bonchev–Trinajstić information content (AvgIpc) is 1.36. The summed E-state index contributed by atoms with van der Waals surface area (Å²) >= 11 is 0. The molecule has 0 aromatic heterocycles. The standard InChI is InChI=1S/C4H12Si.H4N2/c1-5(2,3)4;1-2/h1-4H3;1-2H2. The molecule has 46 valence electrons. The maximum absolute atomic E-state index is 4.00. The molecule has 0 bridgehead atoms. The van der Waals surface area contributed by atoms with Gasteiger partial charge in [0.15, 0.2) is 0 Å². The van der Waals surface area contributed by atoms with E-state index in [0.29, 0.717) is 0 Å². The number of hydrazine groups is 1. The van der Waals surface area contributed by atoms with Gasteiger partial charge in [0.2, 0.25) is 0 Å². The lowest BCUT2D eigenvalue weighted by atomic mass is 11.8. The fourth-order valence-electron chi connectivity index (χ4n) is 0. The molecule has 0 heterocycles. The first-order valence-electron chi connectivity index (χ1n) is 2.33. The van der Waals surface area contributed by atoms with Gasteiger partial charge in [-0.25, -0.2) is 0 Å². The van der Waals surface area contributed by atoms with E-state index in [-0.39, 0.29) is 0 Å². The summed E-state index contributed by atoms with van der Waals surface area (Å²) in [6.07, 6.45) is 0. The summed E-state index contributed by atoms with van der Waals surface area (Å²) in [5.74, 6) is 8.00. The van der Waals surface area contributed by atoms with Crippen LogP contribution in [-0.4, -0.2) is 8.07 Å². The first-order chi connectivity index (χ1) is 3.00. The van der Waals surface area contributed by atoms with Crippen LogP contribution < -0.4 is 11.7 Å². The molecule has 4 N–H and O–H groups in total. The lowest BCUT2D eigenvalue weighted by Gasteiger charge is -2.01. The maximum Gasteiger partial charge on any atom is 0.0411 e. The lowest BCUT2D eigenvalue weighted by Crippen LogP contribution is -2.10. The van der Waals surface area contributed by atoms with E-state index >= 15 is 0 Å². The van der Waals surface area contributed by atoms with Gasteiger partial charge in [-0.3, -0.25) is 11.7 Å². The fourth-order valence-corrected chi connectivity index (χ4v) is 0. The summed E-state index contributed by atoms with van der Waals surface area (Å²) < 4.78 is 0. The molecule has 0 aliphatic heterocycles. The van der Waals surface area contributed by atoms with E-state index in [0.717, 1.165) is 0 Å². The molecule has 0 aliphatic rings. The number of hydrogen-bond donors (Lipinski definition) is 2. The minimum atomic E-state index is -0.611. The van der Waals surface area contributed by atoms with Gasteiger partial charge in [0.1, 0.15) is 0 Å². The van der Waals surface area contributed by atoms with E-state index in [9.17, 15) is 0 Å². The predicted octanol–water partition coefficient (Wildman–Crippen LogP) is 0.773. The summed E-state index contributed by atoms with van der Waals surface area (Å²) in [4.78, 5) is 0. The Balaban J connectivity index is 0. The zero-order chi connectivity index (χ0) is 6.50. The van der Waals surface area contributed by atoms with Crippen LogP contribution in [0, 0.1) is 0 Å². The zero-order valence-electron chi connectivity index (χ0n) is 5.65. The summed E-state index contributed by atoms with van der Waals surface area (Å²) in [6, 6.07) is 0. The third-order valence-electron chi connectivity index (χ3n) is 0. The van der Waals surface area contributed by atoms with Crippen LogP contribution in [0.2, 0.25) is 26.2 Å². The van der Waals surface area contributed by atoms with Gasteiger partial charge < -0.3 is 0 Å². The molecule has 0 rings (SSSR count). The zero-order valence-corrected chi connectivity index (χ0v) is 6.65. The Hall–Kier alpha value is 0.137. The molecule has 0 saturated carbocycles. The van der Waals surface area contributed by atoms with Crippen LogP contribution in [0.1, 0.15) is 0 Å². The van der Waals surface area contributed by atoms with Crippen molar-refractivity contribution in [2.75, 3.05) is 0 Å². The summed E-state index contributed by atoms with van der Waals surface area (Å²) in [5.41, 5.74) is 0. The summed E-state index contributed by atoms with van der Waals surface area (Å²) in [5, 5.41) is 0. The Kier molecular flexibility index (Phi) is 6.26. The van der Waals surface area contributed by atoms with Gasteiger partial charge in [-0.15, -0.1) is 0 Å². The van der Waals surface area contributed by atoms with Gasteiger partial charge in [0.25, 0.3) is 0 Å². The second-order valence-electron chi connectivity index (χ2n) is 3.00. The Labute approximate surface area is 46.9 Å². The van der Waals surface area contributed by atoms with Crippen molar-refractivity contribution in [3.63, 3.8) is 0 Å². The maximum atomic E-state index is 4.00. The smallest absolute Gasteiger partial charge is 0.0411 e. The lowest BCUT2D eigenvalue weighted by molar-refractivity contribution is 1.26. The quantitative estimate of drug-likeness (QED) is 0.282. The Bertz CT molecular complexity index is 25.2. The minimum Gasteiger partial charge on any atom is -0.274 e. The van der Waals surface area contributed by atoms with Crippen molar-refractivity contribution < 1.29 is 0 Å². The fraction of sp³-hybridized carbons (Fsp3) is 1.00. The molecule has 0 saturated heterocycles. The van der Waals surface area contributed by atoms with Crippen LogP contribution in [0.25, 0.3) is 0 Å². The van der Waals surface area contributed by atoms with Crippen molar-refractivity contribution >= 4 is 8.07 Å². The van der Waals surface area contributed by atoms with Crippen molar-refractivity contribution in [1.82, 2.24) is 0 Å². The van der Waals surface area contributed by atoms with Gasteiger partial charge in [-0.05, 0) is 0 Å². The van der Waals surface area contributed by atoms with E-state index < -0.39 is 8.07 Å².